The lowest BCUT2D eigenvalue weighted by molar-refractivity contribution is -0.141. The molecule has 1 aromatic carbocycles. The van der Waals surface area contributed by atoms with Gasteiger partial charge in [0.2, 0.25) is 11.8 Å². The molecule has 2 aromatic rings. The molecule has 10 heteroatoms. The number of morpholine rings is 1. The van der Waals surface area contributed by atoms with Gasteiger partial charge in [0.05, 0.1) is 13.2 Å². The molecule has 0 amide bonds. The van der Waals surface area contributed by atoms with Crippen molar-refractivity contribution in [3.63, 3.8) is 0 Å². The molecule has 0 atom stereocenters. The highest BCUT2D eigenvalue weighted by Crippen LogP contribution is 2.34. The standard InChI is InChI=1S/C19H20F4N4O2/c20-13-2-1-3-14(10-13)29-16-11-15(19(21,22)23)25-17(26-16)27-7-4-18(5-8-27)12-28-9-6-24-18/h1-3,10-11,24H,4-9,12H2. The van der Waals surface area contributed by atoms with Crippen LogP contribution in [0.1, 0.15) is 18.5 Å². The van der Waals surface area contributed by atoms with Crippen LogP contribution < -0.4 is 15.0 Å². The predicted octanol–water partition coefficient (Wildman–Crippen LogP) is 3.39. The lowest BCUT2D eigenvalue weighted by Gasteiger charge is -2.44. The van der Waals surface area contributed by atoms with E-state index in [2.05, 4.69) is 15.3 Å². The first-order valence-corrected chi connectivity index (χ1v) is 9.30. The second-order valence-corrected chi connectivity index (χ2v) is 7.20. The van der Waals surface area contributed by atoms with Crippen molar-refractivity contribution in [1.29, 1.82) is 0 Å². The molecule has 2 aliphatic heterocycles. The van der Waals surface area contributed by atoms with Crippen LogP contribution in [0.4, 0.5) is 23.5 Å². The summed E-state index contributed by atoms with van der Waals surface area (Å²) in [7, 11) is 0. The third-order valence-corrected chi connectivity index (χ3v) is 5.13. The van der Waals surface area contributed by atoms with Crippen molar-refractivity contribution in [3.8, 4) is 11.6 Å². The Bertz CT molecular complexity index is 862. The van der Waals surface area contributed by atoms with Crippen LogP contribution >= 0.6 is 0 Å². The third-order valence-electron chi connectivity index (χ3n) is 5.13. The number of rotatable bonds is 3. The number of nitrogens with one attached hydrogen (secondary N) is 1. The highest BCUT2D eigenvalue weighted by atomic mass is 19.4. The van der Waals surface area contributed by atoms with Crippen LogP contribution in [0.25, 0.3) is 0 Å². The van der Waals surface area contributed by atoms with Crippen molar-refractivity contribution in [1.82, 2.24) is 15.3 Å². The first kappa shape index (κ1) is 19.8. The zero-order valence-corrected chi connectivity index (χ0v) is 15.5. The number of halogens is 4. The van der Waals surface area contributed by atoms with E-state index in [1.165, 1.54) is 18.2 Å². The number of nitrogens with zero attached hydrogens (tertiary/aromatic N) is 3. The molecule has 6 nitrogen and oxygen atoms in total. The summed E-state index contributed by atoms with van der Waals surface area (Å²) in [6, 6.07) is 5.86. The van der Waals surface area contributed by atoms with Crippen molar-refractivity contribution >= 4 is 5.95 Å². The van der Waals surface area contributed by atoms with Crippen LogP contribution in [0.5, 0.6) is 11.6 Å². The van der Waals surface area contributed by atoms with Gasteiger partial charge in [-0.3, -0.25) is 0 Å². The molecule has 4 rings (SSSR count). The topological polar surface area (TPSA) is 59.5 Å². The number of alkyl halides is 3. The minimum absolute atomic E-state index is 0.0576. The van der Waals surface area contributed by atoms with Crippen molar-refractivity contribution in [2.75, 3.05) is 37.7 Å². The normalized spacial score (nSPS) is 19.4. The summed E-state index contributed by atoms with van der Waals surface area (Å²) in [5, 5.41) is 3.46. The monoisotopic (exact) mass is 412 g/mol. The number of hydrogen-bond donors (Lipinski definition) is 1. The average molecular weight is 412 g/mol. The number of ether oxygens (including phenoxy) is 2. The summed E-state index contributed by atoms with van der Waals surface area (Å²) in [6.07, 6.45) is -3.26. The largest absolute Gasteiger partial charge is 0.439 e. The van der Waals surface area contributed by atoms with E-state index < -0.39 is 17.7 Å². The van der Waals surface area contributed by atoms with E-state index >= 15 is 0 Å². The second-order valence-electron chi connectivity index (χ2n) is 7.20. The van der Waals surface area contributed by atoms with E-state index in [0.29, 0.717) is 39.1 Å². The van der Waals surface area contributed by atoms with Gasteiger partial charge in [0, 0.05) is 37.3 Å². The number of hydrogen-bond acceptors (Lipinski definition) is 6. The Morgan fingerprint density at radius 1 is 1.14 bits per heavy atom. The van der Waals surface area contributed by atoms with Gasteiger partial charge in [0.15, 0.2) is 5.69 Å². The molecule has 0 bridgehead atoms. The minimum atomic E-state index is -4.66. The van der Waals surface area contributed by atoms with Crippen molar-refractivity contribution in [3.05, 3.63) is 41.8 Å². The molecule has 2 saturated heterocycles. The molecular weight excluding hydrogens is 392 g/mol. The SMILES string of the molecule is Fc1cccc(Oc2cc(C(F)(F)F)nc(N3CCC4(CC3)COCCN4)n2)c1. The molecule has 0 radical (unpaired) electrons. The number of aromatic nitrogens is 2. The molecular formula is C19H20F4N4O2. The Morgan fingerprint density at radius 2 is 1.93 bits per heavy atom. The van der Waals surface area contributed by atoms with Gasteiger partial charge in [-0.1, -0.05) is 6.07 Å². The Morgan fingerprint density at radius 3 is 2.59 bits per heavy atom. The number of benzene rings is 1. The fraction of sp³-hybridized carbons (Fsp3) is 0.474. The lowest BCUT2D eigenvalue weighted by Crippen LogP contribution is -2.59. The Hall–Kier alpha value is -2.46. The second kappa shape index (κ2) is 7.75. The van der Waals surface area contributed by atoms with E-state index in [0.717, 1.165) is 18.7 Å². The molecule has 156 valence electrons. The average Bonchev–Trinajstić information content (AvgIpc) is 2.68. The van der Waals surface area contributed by atoms with Crippen LogP contribution in [-0.2, 0) is 10.9 Å². The summed E-state index contributed by atoms with van der Waals surface area (Å²) >= 11 is 0. The van der Waals surface area contributed by atoms with Crippen molar-refractivity contribution in [2.24, 2.45) is 0 Å². The summed E-state index contributed by atoms with van der Waals surface area (Å²) < 4.78 is 64.4. The quantitative estimate of drug-likeness (QED) is 0.780. The minimum Gasteiger partial charge on any atom is -0.439 e. The first-order valence-electron chi connectivity index (χ1n) is 9.30. The zero-order valence-electron chi connectivity index (χ0n) is 15.5. The molecule has 0 unspecified atom stereocenters. The van der Waals surface area contributed by atoms with E-state index in [-0.39, 0.29) is 23.1 Å². The Labute approximate surface area is 164 Å². The maximum Gasteiger partial charge on any atom is 0.433 e. The Balaban J connectivity index is 1.57. The maximum atomic E-state index is 13.4. The molecule has 2 fully saturated rings. The summed E-state index contributed by atoms with van der Waals surface area (Å²) in [6.45, 7) is 2.96. The number of piperidine rings is 1. The van der Waals surface area contributed by atoms with E-state index in [1.54, 1.807) is 4.90 Å². The van der Waals surface area contributed by atoms with Crippen molar-refractivity contribution in [2.45, 2.75) is 24.6 Å². The van der Waals surface area contributed by atoms with Crippen LogP contribution in [0.15, 0.2) is 30.3 Å². The van der Waals surface area contributed by atoms with Gasteiger partial charge in [-0.2, -0.15) is 18.2 Å². The van der Waals surface area contributed by atoms with E-state index in [4.69, 9.17) is 9.47 Å². The summed E-state index contributed by atoms with van der Waals surface area (Å²) in [4.78, 5) is 9.56. The molecule has 1 N–H and O–H groups in total. The summed E-state index contributed by atoms with van der Waals surface area (Å²) in [5.74, 6) is -0.842. The smallest absolute Gasteiger partial charge is 0.433 e. The molecule has 2 aliphatic rings. The van der Waals surface area contributed by atoms with Gasteiger partial charge in [0.25, 0.3) is 0 Å². The van der Waals surface area contributed by atoms with Crippen LogP contribution in [0, 0.1) is 5.82 Å². The van der Waals surface area contributed by atoms with E-state index in [9.17, 15) is 17.6 Å². The fourth-order valence-electron chi connectivity index (χ4n) is 3.57. The maximum absolute atomic E-state index is 13.4. The molecule has 1 aromatic heterocycles. The zero-order chi connectivity index (χ0) is 20.5. The van der Waals surface area contributed by atoms with Crippen LogP contribution in [0.3, 0.4) is 0 Å². The molecule has 3 heterocycles. The molecule has 1 spiro atoms. The van der Waals surface area contributed by atoms with Gasteiger partial charge in [-0.15, -0.1) is 0 Å². The molecule has 29 heavy (non-hydrogen) atoms. The van der Waals surface area contributed by atoms with Crippen LogP contribution in [0.2, 0.25) is 0 Å². The lowest BCUT2D eigenvalue weighted by atomic mass is 9.87. The van der Waals surface area contributed by atoms with Gasteiger partial charge in [-0.05, 0) is 25.0 Å². The van der Waals surface area contributed by atoms with E-state index in [1.807, 2.05) is 0 Å². The summed E-state index contributed by atoms with van der Waals surface area (Å²) in [5.41, 5.74) is -1.26. The Kier molecular flexibility index (Phi) is 5.30. The number of anilines is 1. The van der Waals surface area contributed by atoms with Gasteiger partial charge >= 0.3 is 6.18 Å². The van der Waals surface area contributed by atoms with Gasteiger partial charge in [-0.25, -0.2) is 9.37 Å². The van der Waals surface area contributed by atoms with Crippen molar-refractivity contribution < 1.29 is 27.0 Å². The molecule has 0 aliphatic carbocycles. The highest BCUT2D eigenvalue weighted by molar-refractivity contribution is 5.38. The fourth-order valence-corrected chi connectivity index (χ4v) is 3.57. The molecule has 0 saturated carbocycles. The van der Waals surface area contributed by atoms with Gasteiger partial charge < -0.3 is 19.7 Å². The highest BCUT2D eigenvalue weighted by Gasteiger charge is 2.38. The van der Waals surface area contributed by atoms with Gasteiger partial charge in [0.1, 0.15) is 11.6 Å². The third kappa shape index (κ3) is 4.59. The van der Waals surface area contributed by atoms with Crippen LogP contribution in [-0.4, -0.2) is 48.4 Å². The predicted molar refractivity (Wildman–Crippen MR) is 96.5 cm³/mol. The first-order chi connectivity index (χ1) is 13.8.